The molecule has 1 aromatic carbocycles. The molecule has 0 radical (unpaired) electrons. The van der Waals surface area contributed by atoms with Crippen molar-refractivity contribution >= 4 is 5.97 Å². The van der Waals surface area contributed by atoms with E-state index < -0.39 is 0 Å². The molecule has 0 aliphatic carbocycles. The lowest BCUT2D eigenvalue weighted by atomic mass is 9.98. The zero-order valence-electron chi connectivity index (χ0n) is 11.7. The molecule has 2 heterocycles. The molecule has 0 spiro atoms. The molecular weight excluding hydrogens is 254 g/mol. The fraction of sp³-hybridized carbons (Fsp3) is 0.400. The zero-order valence-corrected chi connectivity index (χ0v) is 11.7. The number of carbonyl (C=O) groups is 1. The Kier molecular flexibility index (Phi) is 3.26. The molecule has 0 bridgehead atoms. The maximum atomic E-state index is 11.6. The van der Waals surface area contributed by atoms with Gasteiger partial charge in [-0.2, -0.15) is 5.10 Å². The largest absolute Gasteiger partial charge is 0.469 e. The number of ether oxygens (including phenoxy) is 1. The van der Waals surface area contributed by atoms with Crippen molar-refractivity contribution in [1.29, 1.82) is 0 Å². The zero-order chi connectivity index (χ0) is 14.1. The molecule has 5 heteroatoms. The van der Waals surface area contributed by atoms with Crippen LogP contribution < -0.4 is 0 Å². The molecule has 20 heavy (non-hydrogen) atoms. The Bertz CT molecular complexity index is 648. The van der Waals surface area contributed by atoms with Crippen LogP contribution in [0, 0.1) is 12.8 Å². The fourth-order valence-electron chi connectivity index (χ4n) is 2.61. The minimum absolute atomic E-state index is 0.0959. The number of hydrogen-bond acceptors (Lipinski definition) is 4. The number of benzene rings is 1. The Morgan fingerprint density at radius 3 is 2.95 bits per heavy atom. The number of carbonyl (C=O) groups excluding carboxylic acids is 1. The second-order valence-electron chi connectivity index (χ2n) is 5.10. The Morgan fingerprint density at radius 2 is 2.20 bits per heavy atom. The lowest BCUT2D eigenvalue weighted by Gasteiger charge is -2.19. The highest BCUT2D eigenvalue weighted by Gasteiger charge is 2.28. The minimum atomic E-state index is -0.156. The summed E-state index contributed by atoms with van der Waals surface area (Å²) in [6.07, 6.45) is 1.36. The quantitative estimate of drug-likeness (QED) is 0.784. The lowest BCUT2D eigenvalue weighted by molar-refractivity contribution is -0.146. The topological polar surface area (TPSA) is 57.0 Å². The Hall–Kier alpha value is -2.17. The first-order chi connectivity index (χ1) is 9.69. The van der Waals surface area contributed by atoms with E-state index in [-0.39, 0.29) is 11.9 Å². The van der Waals surface area contributed by atoms with E-state index in [1.165, 1.54) is 7.11 Å². The second-order valence-corrected chi connectivity index (χ2v) is 5.10. The van der Waals surface area contributed by atoms with E-state index in [2.05, 4.69) is 10.1 Å². The smallest absolute Gasteiger partial charge is 0.309 e. The van der Waals surface area contributed by atoms with Crippen molar-refractivity contribution in [2.45, 2.75) is 26.3 Å². The summed E-state index contributed by atoms with van der Waals surface area (Å²) in [4.78, 5) is 16.2. The molecule has 1 aromatic heterocycles. The van der Waals surface area contributed by atoms with Crippen LogP contribution in [-0.4, -0.2) is 27.8 Å². The molecule has 1 atom stereocenters. The van der Waals surface area contributed by atoms with Gasteiger partial charge >= 0.3 is 5.97 Å². The van der Waals surface area contributed by atoms with Crippen LogP contribution in [0.1, 0.15) is 17.8 Å². The first kappa shape index (κ1) is 12.8. The average molecular weight is 271 g/mol. The summed E-state index contributed by atoms with van der Waals surface area (Å²) in [5.74, 6) is 1.35. The molecule has 5 nitrogen and oxygen atoms in total. The molecule has 104 valence electrons. The number of nitrogens with zero attached hydrogens (tertiary/aromatic N) is 3. The van der Waals surface area contributed by atoms with Crippen molar-refractivity contribution in [2.24, 2.45) is 5.92 Å². The van der Waals surface area contributed by atoms with Crippen LogP contribution in [0.5, 0.6) is 0 Å². The number of rotatable bonds is 2. The highest BCUT2D eigenvalue weighted by atomic mass is 16.5. The normalized spacial score (nSPS) is 17.6. The predicted molar refractivity (Wildman–Crippen MR) is 74.0 cm³/mol. The molecule has 2 aromatic rings. The monoisotopic (exact) mass is 271 g/mol. The number of methoxy groups -OCH3 is 1. The third kappa shape index (κ3) is 2.19. The van der Waals surface area contributed by atoms with E-state index >= 15 is 0 Å². The summed E-state index contributed by atoms with van der Waals surface area (Å²) in [6.45, 7) is 2.76. The minimum Gasteiger partial charge on any atom is -0.469 e. The van der Waals surface area contributed by atoms with E-state index in [1.54, 1.807) is 0 Å². The summed E-state index contributed by atoms with van der Waals surface area (Å²) >= 11 is 0. The fourth-order valence-corrected chi connectivity index (χ4v) is 2.61. The van der Waals surface area contributed by atoms with Gasteiger partial charge in [-0.05, 0) is 18.9 Å². The first-order valence-corrected chi connectivity index (χ1v) is 6.76. The van der Waals surface area contributed by atoms with Crippen LogP contribution in [0.2, 0.25) is 0 Å². The van der Waals surface area contributed by atoms with Crippen LogP contribution >= 0.6 is 0 Å². The molecule has 1 aliphatic heterocycles. The Morgan fingerprint density at radius 1 is 1.40 bits per heavy atom. The summed E-state index contributed by atoms with van der Waals surface area (Å²) in [6, 6.07) is 8.06. The number of aromatic nitrogens is 3. The van der Waals surface area contributed by atoms with Crippen LogP contribution in [0.25, 0.3) is 11.4 Å². The van der Waals surface area contributed by atoms with Crippen molar-refractivity contribution in [2.75, 3.05) is 7.11 Å². The van der Waals surface area contributed by atoms with Gasteiger partial charge in [0.2, 0.25) is 0 Å². The highest BCUT2D eigenvalue weighted by Crippen LogP contribution is 2.25. The van der Waals surface area contributed by atoms with Gasteiger partial charge in [0.1, 0.15) is 5.82 Å². The standard InChI is InChI=1S/C15H17N3O2/c1-10-5-3-4-6-12(10)14-16-13-9-11(15(19)20-2)7-8-18(13)17-14/h3-6,11H,7-9H2,1-2H3. The summed E-state index contributed by atoms with van der Waals surface area (Å²) in [5.41, 5.74) is 2.20. The molecular formula is C15H17N3O2. The van der Waals surface area contributed by atoms with E-state index in [1.807, 2.05) is 35.9 Å². The van der Waals surface area contributed by atoms with Crippen LogP contribution in [0.15, 0.2) is 24.3 Å². The second kappa shape index (κ2) is 5.07. The molecule has 1 unspecified atom stereocenters. The number of aryl methyl sites for hydroxylation is 2. The van der Waals surface area contributed by atoms with Gasteiger partial charge in [0.05, 0.1) is 13.0 Å². The number of hydrogen-bond donors (Lipinski definition) is 0. The van der Waals surface area contributed by atoms with E-state index in [9.17, 15) is 4.79 Å². The van der Waals surface area contributed by atoms with Gasteiger partial charge in [-0.25, -0.2) is 9.67 Å². The molecule has 0 saturated heterocycles. The maximum absolute atomic E-state index is 11.6. The summed E-state index contributed by atoms with van der Waals surface area (Å²) in [7, 11) is 1.43. The Labute approximate surface area is 117 Å². The van der Waals surface area contributed by atoms with Crippen LogP contribution in [0.3, 0.4) is 0 Å². The van der Waals surface area contributed by atoms with Gasteiger partial charge < -0.3 is 4.74 Å². The number of fused-ring (bicyclic) bond motifs is 1. The number of esters is 1. The highest BCUT2D eigenvalue weighted by molar-refractivity contribution is 5.72. The van der Waals surface area contributed by atoms with E-state index in [0.717, 1.165) is 29.2 Å². The van der Waals surface area contributed by atoms with Crippen molar-refractivity contribution < 1.29 is 9.53 Å². The van der Waals surface area contributed by atoms with E-state index in [4.69, 9.17) is 4.74 Å². The van der Waals surface area contributed by atoms with Crippen molar-refractivity contribution in [3.05, 3.63) is 35.7 Å². The molecule has 0 saturated carbocycles. The third-order valence-corrected chi connectivity index (χ3v) is 3.79. The summed E-state index contributed by atoms with van der Waals surface area (Å²) in [5, 5.41) is 4.55. The Balaban J connectivity index is 1.91. The third-order valence-electron chi connectivity index (χ3n) is 3.79. The molecule has 0 amide bonds. The van der Waals surface area contributed by atoms with Gasteiger partial charge in [-0.15, -0.1) is 0 Å². The predicted octanol–water partition coefficient (Wildman–Crippen LogP) is 1.99. The van der Waals surface area contributed by atoms with Gasteiger partial charge in [-0.3, -0.25) is 4.79 Å². The van der Waals surface area contributed by atoms with Gasteiger partial charge in [-0.1, -0.05) is 24.3 Å². The van der Waals surface area contributed by atoms with Gasteiger partial charge in [0.15, 0.2) is 5.82 Å². The van der Waals surface area contributed by atoms with Crippen LogP contribution in [-0.2, 0) is 22.5 Å². The molecule has 3 rings (SSSR count). The van der Waals surface area contributed by atoms with Crippen LogP contribution in [0.4, 0.5) is 0 Å². The van der Waals surface area contributed by atoms with Crippen molar-refractivity contribution in [1.82, 2.24) is 14.8 Å². The molecule has 0 N–H and O–H groups in total. The van der Waals surface area contributed by atoms with Gasteiger partial charge in [0.25, 0.3) is 0 Å². The van der Waals surface area contributed by atoms with Gasteiger partial charge in [0, 0.05) is 18.5 Å². The van der Waals surface area contributed by atoms with E-state index in [0.29, 0.717) is 13.0 Å². The summed E-state index contributed by atoms with van der Waals surface area (Å²) < 4.78 is 6.72. The maximum Gasteiger partial charge on any atom is 0.309 e. The molecule has 0 fully saturated rings. The van der Waals surface area contributed by atoms with Crippen molar-refractivity contribution in [3.63, 3.8) is 0 Å². The first-order valence-electron chi connectivity index (χ1n) is 6.76. The SMILES string of the molecule is COC(=O)C1CCn2nc(-c3ccccc3C)nc2C1. The molecule has 1 aliphatic rings. The van der Waals surface area contributed by atoms with Crippen molar-refractivity contribution in [3.8, 4) is 11.4 Å². The lowest BCUT2D eigenvalue weighted by Crippen LogP contribution is -2.27. The average Bonchev–Trinajstić information content (AvgIpc) is 2.89.